The molecule has 1 aliphatic rings. The minimum absolute atomic E-state index is 0.306. The second kappa shape index (κ2) is 12.2. The fourth-order valence-corrected chi connectivity index (χ4v) is 3.85. The van der Waals surface area contributed by atoms with Gasteiger partial charge in [0.15, 0.2) is 5.96 Å². The molecule has 170 valence electrons. The summed E-state index contributed by atoms with van der Waals surface area (Å²) < 4.78 is 13.9. The standard InChI is InChI=1S/C24H37N5O2/c1-4-25-24(27-13-7-8-15-29-16-14-26-19(29)2)28-18-20-11-12-22(30-3)17-23(20)31-21-9-5-6-10-21/h11-12,14,16-17,21H,4-10,13,15,18H2,1-3H3,(H2,25,27,28). The Morgan fingerprint density at radius 1 is 1.23 bits per heavy atom. The van der Waals surface area contributed by atoms with Crippen LogP contribution >= 0.6 is 0 Å². The highest BCUT2D eigenvalue weighted by molar-refractivity contribution is 5.79. The molecule has 0 saturated heterocycles. The van der Waals surface area contributed by atoms with E-state index in [1.165, 1.54) is 12.8 Å². The summed E-state index contributed by atoms with van der Waals surface area (Å²) in [7, 11) is 1.69. The minimum atomic E-state index is 0.306. The number of nitrogens with zero attached hydrogens (tertiary/aromatic N) is 3. The third-order valence-electron chi connectivity index (χ3n) is 5.66. The molecule has 0 bridgehead atoms. The predicted molar refractivity (Wildman–Crippen MR) is 125 cm³/mol. The maximum atomic E-state index is 6.30. The van der Waals surface area contributed by atoms with E-state index in [0.717, 1.165) is 74.2 Å². The number of hydrogen-bond acceptors (Lipinski definition) is 4. The van der Waals surface area contributed by atoms with Crippen molar-refractivity contribution < 1.29 is 9.47 Å². The molecule has 2 N–H and O–H groups in total. The van der Waals surface area contributed by atoms with E-state index in [1.807, 2.05) is 31.5 Å². The first-order valence-electron chi connectivity index (χ1n) is 11.5. The lowest BCUT2D eigenvalue weighted by Crippen LogP contribution is -2.37. The lowest BCUT2D eigenvalue weighted by atomic mass is 10.2. The summed E-state index contributed by atoms with van der Waals surface area (Å²) in [6.07, 6.45) is 11.1. The van der Waals surface area contributed by atoms with Gasteiger partial charge in [-0.05, 0) is 64.5 Å². The highest BCUT2D eigenvalue weighted by Gasteiger charge is 2.18. The first-order chi connectivity index (χ1) is 15.2. The Labute approximate surface area is 186 Å². The molecule has 3 rings (SSSR count). The van der Waals surface area contributed by atoms with E-state index >= 15 is 0 Å². The van der Waals surface area contributed by atoms with E-state index in [2.05, 4.69) is 33.2 Å². The number of rotatable bonds is 11. The molecular formula is C24H37N5O2. The molecule has 1 aliphatic carbocycles. The fourth-order valence-electron chi connectivity index (χ4n) is 3.85. The molecule has 2 aromatic rings. The number of benzene rings is 1. The van der Waals surface area contributed by atoms with Gasteiger partial charge in [0.2, 0.25) is 0 Å². The summed E-state index contributed by atoms with van der Waals surface area (Å²) in [5, 5.41) is 6.79. The van der Waals surface area contributed by atoms with Crippen molar-refractivity contribution in [3.63, 3.8) is 0 Å². The zero-order chi connectivity index (χ0) is 21.9. The molecule has 0 aliphatic heterocycles. The highest BCUT2D eigenvalue weighted by Crippen LogP contribution is 2.30. The highest BCUT2D eigenvalue weighted by atomic mass is 16.5. The van der Waals surface area contributed by atoms with Crippen LogP contribution in [0.4, 0.5) is 0 Å². The maximum Gasteiger partial charge on any atom is 0.191 e. The zero-order valence-electron chi connectivity index (χ0n) is 19.2. The van der Waals surface area contributed by atoms with Crippen LogP contribution in [-0.2, 0) is 13.1 Å². The Bertz CT molecular complexity index is 827. The van der Waals surface area contributed by atoms with E-state index in [9.17, 15) is 0 Å². The number of aliphatic imine (C=N–C) groups is 1. The number of methoxy groups -OCH3 is 1. The van der Waals surface area contributed by atoms with E-state index in [0.29, 0.717) is 12.6 Å². The van der Waals surface area contributed by atoms with Gasteiger partial charge in [0, 0.05) is 43.7 Å². The third kappa shape index (κ3) is 7.19. The Hall–Kier alpha value is -2.70. The van der Waals surface area contributed by atoms with Crippen molar-refractivity contribution in [2.24, 2.45) is 4.99 Å². The molecule has 0 unspecified atom stereocenters. The topological polar surface area (TPSA) is 72.7 Å². The summed E-state index contributed by atoms with van der Waals surface area (Å²) >= 11 is 0. The summed E-state index contributed by atoms with van der Waals surface area (Å²) in [4.78, 5) is 9.07. The summed E-state index contributed by atoms with van der Waals surface area (Å²) in [6, 6.07) is 6.02. The molecule has 0 radical (unpaired) electrons. The molecule has 1 fully saturated rings. The average Bonchev–Trinajstić information content (AvgIpc) is 3.44. The van der Waals surface area contributed by atoms with E-state index in [1.54, 1.807) is 7.11 Å². The van der Waals surface area contributed by atoms with Gasteiger partial charge in [-0.1, -0.05) is 0 Å². The minimum Gasteiger partial charge on any atom is -0.497 e. The normalized spacial score (nSPS) is 14.6. The molecule has 7 heteroatoms. The summed E-state index contributed by atoms with van der Waals surface area (Å²) in [6.45, 7) is 7.39. The maximum absolute atomic E-state index is 6.30. The van der Waals surface area contributed by atoms with Crippen molar-refractivity contribution in [2.45, 2.75) is 71.6 Å². The smallest absolute Gasteiger partial charge is 0.191 e. The Morgan fingerprint density at radius 3 is 2.77 bits per heavy atom. The van der Waals surface area contributed by atoms with E-state index < -0.39 is 0 Å². The molecular weight excluding hydrogens is 390 g/mol. The molecule has 7 nitrogen and oxygen atoms in total. The van der Waals surface area contributed by atoms with Crippen LogP contribution in [0.1, 0.15) is 56.8 Å². The van der Waals surface area contributed by atoms with Crippen LogP contribution in [0.5, 0.6) is 11.5 Å². The lowest BCUT2D eigenvalue weighted by molar-refractivity contribution is 0.207. The van der Waals surface area contributed by atoms with Gasteiger partial charge in [0.25, 0.3) is 0 Å². The second-order valence-electron chi connectivity index (χ2n) is 7.99. The lowest BCUT2D eigenvalue weighted by Gasteiger charge is -2.17. The first kappa shape index (κ1) is 23.0. The van der Waals surface area contributed by atoms with Gasteiger partial charge >= 0.3 is 0 Å². The second-order valence-corrected chi connectivity index (χ2v) is 7.99. The van der Waals surface area contributed by atoms with Crippen molar-refractivity contribution in [1.82, 2.24) is 20.2 Å². The Morgan fingerprint density at radius 2 is 2.06 bits per heavy atom. The number of hydrogen-bond donors (Lipinski definition) is 2. The summed E-state index contributed by atoms with van der Waals surface area (Å²) in [5.74, 6) is 3.61. The number of aromatic nitrogens is 2. The van der Waals surface area contributed by atoms with Gasteiger partial charge < -0.3 is 24.7 Å². The molecule has 0 atom stereocenters. The molecule has 1 aromatic heterocycles. The van der Waals surface area contributed by atoms with Gasteiger partial charge in [0.1, 0.15) is 17.3 Å². The quantitative estimate of drug-likeness (QED) is 0.321. The predicted octanol–water partition coefficient (Wildman–Crippen LogP) is 4.06. The molecule has 1 saturated carbocycles. The van der Waals surface area contributed by atoms with Crippen molar-refractivity contribution in [3.8, 4) is 11.5 Å². The van der Waals surface area contributed by atoms with Crippen LogP contribution in [0.3, 0.4) is 0 Å². The van der Waals surface area contributed by atoms with Crippen LogP contribution in [0.2, 0.25) is 0 Å². The van der Waals surface area contributed by atoms with Crippen LogP contribution in [0.25, 0.3) is 0 Å². The van der Waals surface area contributed by atoms with Crippen LogP contribution in [0.15, 0.2) is 35.6 Å². The monoisotopic (exact) mass is 427 g/mol. The van der Waals surface area contributed by atoms with Crippen molar-refractivity contribution in [1.29, 1.82) is 0 Å². The van der Waals surface area contributed by atoms with Crippen LogP contribution in [0, 0.1) is 6.92 Å². The molecule has 0 amide bonds. The molecule has 31 heavy (non-hydrogen) atoms. The first-order valence-corrected chi connectivity index (χ1v) is 11.5. The largest absolute Gasteiger partial charge is 0.497 e. The fraction of sp³-hybridized carbons (Fsp3) is 0.583. The SMILES string of the molecule is CCNC(=NCc1ccc(OC)cc1OC1CCCC1)NCCCCn1ccnc1C. The van der Waals surface area contributed by atoms with Crippen LogP contribution in [-0.4, -0.2) is 41.8 Å². The van der Waals surface area contributed by atoms with Gasteiger partial charge in [-0.15, -0.1) is 0 Å². The summed E-state index contributed by atoms with van der Waals surface area (Å²) in [5.41, 5.74) is 1.08. The number of guanidine groups is 1. The van der Waals surface area contributed by atoms with Crippen LogP contribution < -0.4 is 20.1 Å². The zero-order valence-corrected chi connectivity index (χ0v) is 19.2. The van der Waals surface area contributed by atoms with Gasteiger partial charge in [-0.25, -0.2) is 9.98 Å². The van der Waals surface area contributed by atoms with Gasteiger partial charge in [0.05, 0.1) is 19.8 Å². The van der Waals surface area contributed by atoms with E-state index in [-0.39, 0.29) is 0 Å². The van der Waals surface area contributed by atoms with Crippen molar-refractivity contribution >= 4 is 5.96 Å². The number of ether oxygens (including phenoxy) is 2. The third-order valence-corrected chi connectivity index (χ3v) is 5.66. The van der Waals surface area contributed by atoms with Gasteiger partial charge in [-0.2, -0.15) is 0 Å². The number of unbranched alkanes of at least 4 members (excludes halogenated alkanes) is 1. The number of imidazole rings is 1. The van der Waals surface area contributed by atoms with Crippen molar-refractivity contribution in [3.05, 3.63) is 42.0 Å². The van der Waals surface area contributed by atoms with E-state index in [4.69, 9.17) is 14.5 Å². The average molecular weight is 428 g/mol. The van der Waals surface area contributed by atoms with Gasteiger partial charge in [-0.3, -0.25) is 0 Å². The Kier molecular flexibility index (Phi) is 9.06. The van der Waals surface area contributed by atoms with Crippen molar-refractivity contribution in [2.75, 3.05) is 20.2 Å². The Balaban J connectivity index is 1.54. The number of aryl methyl sites for hydroxylation is 2. The molecule has 0 spiro atoms. The number of nitrogens with one attached hydrogen (secondary N) is 2. The molecule has 1 heterocycles. The molecule has 1 aromatic carbocycles.